The molecule has 8 nitrogen and oxygen atoms in total. The number of aromatic amines is 1. The number of rotatable bonds is 4. The lowest BCUT2D eigenvalue weighted by Crippen LogP contribution is -2.57. The maximum atomic E-state index is 14.6. The van der Waals surface area contributed by atoms with Crippen LogP contribution in [0.15, 0.2) is 36.7 Å². The van der Waals surface area contributed by atoms with Gasteiger partial charge in [-0.25, -0.2) is 23.3 Å². The zero-order chi connectivity index (χ0) is 25.6. The third kappa shape index (κ3) is 3.35. The van der Waals surface area contributed by atoms with Gasteiger partial charge in [0.05, 0.1) is 23.4 Å². The van der Waals surface area contributed by atoms with E-state index in [-0.39, 0.29) is 11.5 Å². The van der Waals surface area contributed by atoms with Crippen molar-refractivity contribution in [3.8, 4) is 11.4 Å². The van der Waals surface area contributed by atoms with Gasteiger partial charge in [0.2, 0.25) is 0 Å². The number of H-pyrrole nitrogens is 1. The molecule has 0 radical (unpaired) electrons. The van der Waals surface area contributed by atoms with E-state index in [4.69, 9.17) is 9.97 Å². The van der Waals surface area contributed by atoms with Gasteiger partial charge in [0, 0.05) is 23.7 Å². The first-order valence-electron chi connectivity index (χ1n) is 13.6. The molecule has 196 valence electrons. The zero-order valence-corrected chi connectivity index (χ0v) is 20.9. The molecular weight excluding hydrogens is 488 g/mol. The molecule has 1 aromatic carbocycles. The van der Waals surface area contributed by atoms with Crippen LogP contribution in [0.3, 0.4) is 0 Å². The number of nitrogens with zero attached hydrogens (tertiary/aromatic N) is 6. The Balaban J connectivity index is 1.14. The maximum absolute atomic E-state index is 14.6. The smallest absolute Gasteiger partial charge is 0.186 e. The van der Waals surface area contributed by atoms with Gasteiger partial charge in [-0.1, -0.05) is 0 Å². The highest BCUT2D eigenvalue weighted by Crippen LogP contribution is 2.61. The summed E-state index contributed by atoms with van der Waals surface area (Å²) >= 11 is 0. The molecule has 10 heteroatoms. The van der Waals surface area contributed by atoms with E-state index in [0.29, 0.717) is 46.8 Å². The molecule has 9 rings (SSSR count). The summed E-state index contributed by atoms with van der Waals surface area (Å²) in [6.07, 6.45) is 11.0. The molecule has 2 N–H and O–H groups in total. The summed E-state index contributed by atoms with van der Waals surface area (Å²) in [5.41, 5.74) is 0.955. The Kier molecular flexibility index (Phi) is 4.64. The molecule has 1 saturated heterocycles. The van der Waals surface area contributed by atoms with Crippen LogP contribution in [0, 0.1) is 23.5 Å². The SMILES string of the molecule is OC12C[C@@H]3C[C@@H](C1)CC(c1nc(-c4cnn5ccc(N6CCC[C@@H]6c6cc(F)ccc6F)nc45)n[nH]1)(C3)C2. The lowest BCUT2D eigenvalue weighted by molar-refractivity contribution is -0.138. The van der Waals surface area contributed by atoms with Crippen LogP contribution in [0.25, 0.3) is 17.0 Å². The molecule has 4 heterocycles. The first-order valence-corrected chi connectivity index (χ1v) is 13.6. The molecule has 3 atom stereocenters. The van der Waals surface area contributed by atoms with Crippen LogP contribution in [0.2, 0.25) is 0 Å². The largest absolute Gasteiger partial charge is 0.390 e. The zero-order valence-electron chi connectivity index (χ0n) is 20.9. The van der Waals surface area contributed by atoms with Gasteiger partial charge in [0.25, 0.3) is 0 Å². The highest BCUT2D eigenvalue weighted by molar-refractivity contribution is 5.73. The second-order valence-corrected chi connectivity index (χ2v) is 12.1. The van der Waals surface area contributed by atoms with Crippen molar-refractivity contribution in [3.63, 3.8) is 0 Å². The van der Waals surface area contributed by atoms with Crippen molar-refractivity contribution in [2.24, 2.45) is 11.8 Å². The number of halogens is 2. The molecule has 4 aromatic rings. The van der Waals surface area contributed by atoms with Crippen molar-refractivity contribution in [2.45, 2.75) is 68.4 Å². The number of hydrogen-bond acceptors (Lipinski definition) is 6. The Morgan fingerprint density at radius 1 is 1.05 bits per heavy atom. The molecule has 4 saturated carbocycles. The first kappa shape index (κ1) is 22.6. The standard InChI is InChI=1S/C28H29F2N7O/c29-18-3-4-21(30)19(9-18)22-2-1-6-36(22)23-5-7-37-25(32-23)20(14-31-37)24-33-26(35-34-24)27-10-16-8-17(11-27)13-28(38,12-16)15-27/h3-5,7,9,14,16-17,22,38H,1-2,6,8,10-13,15H2,(H,33,34,35)/t16-,17-,22-,27?,28?/m1/s1. The fraction of sp³-hybridized carbons (Fsp3) is 0.500. The summed E-state index contributed by atoms with van der Waals surface area (Å²) < 4.78 is 30.3. The number of nitrogens with one attached hydrogen (secondary N) is 1. The molecule has 1 aliphatic heterocycles. The van der Waals surface area contributed by atoms with Gasteiger partial charge in [-0.05, 0) is 87.5 Å². The molecule has 0 spiro atoms. The number of anilines is 1. The Morgan fingerprint density at radius 2 is 1.89 bits per heavy atom. The minimum Gasteiger partial charge on any atom is -0.390 e. The van der Waals surface area contributed by atoms with Crippen LogP contribution in [-0.2, 0) is 5.41 Å². The van der Waals surface area contributed by atoms with E-state index in [1.165, 1.54) is 18.6 Å². The van der Waals surface area contributed by atoms with E-state index >= 15 is 0 Å². The van der Waals surface area contributed by atoms with Crippen molar-refractivity contribution in [2.75, 3.05) is 11.4 Å². The van der Waals surface area contributed by atoms with Crippen LogP contribution in [0.5, 0.6) is 0 Å². The van der Waals surface area contributed by atoms with Gasteiger partial charge in [0.15, 0.2) is 11.5 Å². The summed E-state index contributed by atoms with van der Waals surface area (Å²) in [5.74, 6) is 2.33. The number of aliphatic hydroxyl groups is 1. The highest BCUT2D eigenvalue weighted by atomic mass is 19.1. The van der Waals surface area contributed by atoms with Crippen molar-refractivity contribution in [1.29, 1.82) is 0 Å². The lowest BCUT2D eigenvalue weighted by Gasteiger charge is -2.59. The van der Waals surface area contributed by atoms with Crippen LogP contribution in [0.4, 0.5) is 14.6 Å². The van der Waals surface area contributed by atoms with Crippen LogP contribution >= 0.6 is 0 Å². The van der Waals surface area contributed by atoms with Crippen molar-refractivity contribution in [1.82, 2.24) is 29.8 Å². The molecule has 3 aromatic heterocycles. The summed E-state index contributed by atoms with van der Waals surface area (Å²) in [6, 6.07) is 5.20. The third-order valence-electron chi connectivity index (χ3n) is 9.48. The molecular formula is C28H29F2N7O. The fourth-order valence-corrected chi connectivity index (χ4v) is 8.42. The Morgan fingerprint density at radius 3 is 2.71 bits per heavy atom. The van der Waals surface area contributed by atoms with Crippen molar-refractivity contribution < 1.29 is 13.9 Å². The van der Waals surface area contributed by atoms with Gasteiger partial charge in [-0.2, -0.15) is 10.2 Å². The molecule has 4 bridgehead atoms. The van der Waals surface area contributed by atoms with E-state index in [1.807, 2.05) is 17.2 Å². The second-order valence-electron chi connectivity index (χ2n) is 12.1. The predicted octanol–water partition coefficient (Wildman–Crippen LogP) is 4.72. The number of benzene rings is 1. The minimum absolute atomic E-state index is 0.149. The van der Waals surface area contributed by atoms with Crippen LogP contribution in [-0.4, -0.2) is 47.0 Å². The summed E-state index contributed by atoms with van der Waals surface area (Å²) in [4.78, 5) is 11.9. The Hall–Kier alpha value is -3.40. The second kappa shape index (κ2) is 7.81. The van der Waals surface area contributed by atoms with E-state index in [9.17, 15) is 13.9 Å². The molecule has 0 amide bonds. The first-order chi connectivity index (χ1) is 18.4. The van der Waals surface area contributed by atoms with Crippen molar-refractivity contribution >= 4 is 11.5 Å². The van der Waals surface area contributed by atoms with Gasteiger partial charge >= 0.3 is 0 Å². The van der Waals surface area contributed by atoms with Crippen LogP contribution < -0.4 is 4.90 Å². The number of aromatic nitrogens is 6. The van der Waals surface area contributed by atoms with E-state index in [0.717, 1.165) is 56.8 Å². The van der Waals surface area contributed by atoms with E-state index in [2.05, 4.69) is 15.3 Å². The minimum atomic E-state index is -0.578. The normalized spacial score (nSPS) is 32.1. The highest BCUT2D eigenvalue weighted by Gasteiger charge is 2.59. The molecule has 5 aliphatic rings. The third-order valence-corrected chi connectivity index (χ3v) is 9.48. The van der Waals surface area contributed by atoms with Crippen molar-refractivity contribution in [3.05, 3.63) is 59.7 Å². The van der Waals surface area contributed by atoms with E-state index in [1.54, 1.807) is 10.7 Å². The van der Waals surface area contributed by atoms with Crippen LogP contribution in [0.1, 0.15) is 68.8 Å². The average molecular weight is 518 g/mol. The molecule has 38 heavy (non-hydrogen) atoms. The van der Waals surface area contributed by atoms with Gasteiger partial charge in [0.1, 0.15) is 23.3 Å². The van der Waals surface area contributed by atoms with Gasteiger partial charge < -0.3 is 10.0 Å². The molecule has 4 aliphatic carbocycles. The number of hydrogen-bond donors (Lipinski definition) is 2. The monoisotopic (exact) mass is 517 g/mol. The lowest BCUT2D eigenvalue weighted by atomic mass is 9.47. The summed E-state index contributed by atoms with van der Waals surface area (Å²) in [6.45, 7) is 0.700. The van der Waals surface area contributed by atoms with Gasteiger partial charge in [-0.15, -0.1) is 0 Å². The number of fused-ring (bicyclic) bond motifs is 1. The quantitative estimate of drug-likeness (QED) is 0.407. The fourth-order valence-electron chi connectivity index (χ4n) is 8.42. The maximum Gasteiger partial charge on any atom is 0.186 e. The Labute approximate surface area is 218 Å². The Bertz CT molecular complexity index is 1550. The van der Waals surface area contributed by atoms with E-state index < -0.39 is 17.2 Å². The topological polar surface area (TPSA) is 95.2 Å². The summed E-state index contributed by atoms with van der Waals surface area (Å²) in [7, 11) is 0. The molecule has 0 unspecified atom stereocenters. The summed E-state index contributed by atoms with van der Waals surface area (Å²) in [5, 5.41) is 23.5. The predicted molar refractivity (Wildman–Crippen MR) is 135 cm³/mol. The molecule has 5 fully saturated rings. The average Bonchev–Trinajstić information content (AvgIpc) is 3.63. The van der Waals surface area contributed by atoms with Gasteiger partial charge in [-0.3, -0.25) is 5.10 Å².